The highest BCUT2D eigenvalue weighted by Gasteiger charge is 2.26. The maximum absolute atomic E-state index is 10.9. The van der Waals surface area contributed by atoms with Crippen molar-refractivity contribution < 1.29 is 40.2 Å². The summed E-state index contributed by atoms with van der Waals surface area (Å²) in [7, 11) is 0. The van der Waals surface area contributed by atoms with Crippen LogP contribution in [0.2, 0.25) is 0 Å². The summed E-state index contributed by atoms with van der Waals surface area (Å²) >= 11 is 0. The number of aliphatic hydroxyl groups is 4. The fourth-order valence-electron chi connectivity index (χ4n) is 2.17. The van der Waals surface area contributed by atoms with E-state index in [1.807, 2.05) is 0 Å². The van der Waals surface area contributed by atoms with Crippen molar-refractivity contribution >= 4 is 11.9 Å². The second-order valence-electron chi connectivity index (χ2n) is 5.87. The third-order valence-electron chi connectivity index (χ3n) is 3.55. The smallest absolute Gasteiger partial charge is 0.331 e. The Kier molecular flexibility index (Phi) is 9.45. The highest BCUT2D eigenvalue weighted by atomic mass is 16.5. The van der Waals surface area contributed by atoms with Crippen molar-refractivity contribution in [2.45, 2.75) is 63.9 Å². The van der Waals surface area contributed by atoms with Crippen LogP contribution < -0.4 is 0 Å². The summed E-state index contributed by atoms with van der Waals surface area (Å²) in [4.78, 5) is 21.6. The van der Waals surface area contributed by atoms with Crippen LogP contribution in [0.15, 0.2) is 23.3 Å². The molecule has 0 radical (unpaired) electrons. The Morgan fingerprint density at radius 1 is 0.958 bits per heavy atom. The van der Waals surface area contributed by atoms with Crippen molar-refractivity contribution in [2.75, 3.05) is 0 Å². The molecule has 8 heteroatoms. The highest BCUT2D eigenvalue weighted by molar-refractivity contribution is 5.86. The molecule has 2 atom stereocenters. The molecule has 0 aromatic rings. The molecule has 0 aliphatic carbocycles. The van der Waals surface area contributed by atoms with Crippen LogP contribution in [0.25, 0.3) is 0 Å². The van der Waals surface area contributed by atoms with Crippen LogP contribution in [0.3, 0.4) is 0 Å². The van der Waals surface area contributed by atoms with Crippen LogP contribution in [0.4, 0.5) is 0 Å². The molecule has 0 bridgehead atoms. The van der Waals surface area contributed by atoms with E-state index in [1.54, 1.807) is 0 Å². The van der Waals surface area contributed by atoms with Crippen LogP contribution in [-0.4, -0.2) is 60.6 Å². The van der Waals surface area contributed by atoms with Gasteiger partial charge in [-0.05, 0) is 58.1 Å². The van der Waals surface area contributed by atoms with E-state index < -0.39 is 29.9 Å². The number of carbonyl (C=O) groups is 2. The fraction of sp³-hybridized carbons (Fsp3) is 0.625. The molecule has 24 heavy (non-hydrogen) atoms. The van der Waals surface area contributed by atoms with E-state index in [-0.39, 0.29) is 43.3 Å². The Hall–Kier alpha value is -1.74. The van der Waals surface area contributed by atoms with Gasteiger partial charge in [0.1, 0.15) is 0 Å². The summed E-state index contributed by atoms with van der Waals surface area (Å²) in [5.74, 6) is -2.36. The van der Waals surface area contributed by atoms with Gasteiger partial charge in [0.25, 0.3) is 0 Å². The molecule has 0 aliphatic rings. The average molecular weight is 346 g/mol. The van der Waals surface area contributed by atoms with Crippen molar-refractivity contribution in [3.8, 4) is 0 Å². The van der Waals surface area contributed by atoms with Gasteiger partial charge in [0.05, 0.1) is 11.7 Å². The van der Waals surface area contributed by atoms with Crippen LogP contribution >= 0.6 is 0 Å². The van der Waals surface area contributed by atoms with Crippen LogP contribution in [0, 0.1) is 0 Å². The van der Waals surface area contributed by atoms with Gasteiger partial charge < -0.3 is 30.6 Å². The molecule has 6 N–H and O–H groups in total. The van der Waals surface area contributed by atoms with Gasteiger partial charge >= 0.3 is 11.9 Å². The first-order chi connectivity index (χ1) is 11.0. The summed E-state index contributed by atoms with van der Waals surface area (Å²) < 4.78 is 0. The minimum atomic E-state index is -1.55. The molecule has 0 heterocycles. The Morgan fingerprint density at radius 2 is 1.50 bits per heavy atom. The standard InChI is InChI=1S/C16H26O8/c1-10(14(20)21)8-12(17)5-7-16(24,6-3-4-13(18)19)9-11(2)15(22)23/h8-9,12-13,17-19,24H,3-7H2,1-2H3,(H,20,21)(H,22,23). The Labute approximate surface area is 140 Å². The largest absolute Gasteiger partial charge is 0.478 e. The molecule has 138 valence electrons. The number of carboxylic acids is 2. The minimum absolute atomic E-state index is 0.0102. The molecule has 0 aromatic heterocycles. The summed E-state index contributed by atoms with van der Waals surface area (Å²) in [5, 5.41) is 55.8. The van der Waals surface area contributed by atoms with Crippen molar-refractivity contribution in [3.63, 3.8) is 0 Å². The molecule has 0 fully saturated rings. The first-order valence-electron chi connectivity index (χ1n) is 7.58. The van der Waals surface area contributed by atoms with Gasteiger partial charge in [-0.25, -0.2) is 9.59 Å². The molecule has 0 spiro atoms. The van der Waals surface area contributed by atoms with Gasteiger partial charge in [0.15, 0.2) is 6.29 Å². The number of aliphatic hydroxyl groups excluding tert-OH is 2. The zero-order valence-electron chi connectivity index (χ0n) is 13.8. The highest BCUT2D eigenvalue weighted by Crippen LogP contribution is 2.25. The zero-order valence-corrected chi connectivity index (χ0v) is 13.8. The monoisotopic (exact) mass is 346 g/mol. The Bertz CT molecular complexity index is 494. The van der Waals surface area contributed by atoms with Crippen molar-refractivity contribution in [1.82, 2.24) is 0 Å². The molecule has 8 nitrogen and oxygen atoms in total. The van der Waals surface area contributed by atoms with Crippen LogP contribution in [-0.2, 0) is 9.59 Å². The van der Waals surface area contributed by atoms with Gasteiger partial charge in [-0.1, -0.05) is 0 Å². The second-order valence-corrected chi connectivity index (χ2v) is 5.87. The molecular formula is C16H26O8. The third kappa shape index (κ3) is 9.41. The number of hydrogen-bond donors (Lipinski definition) is 6. The lowest BCUT2D eigenvalue weighted by Crippen LogP contribution is -2.29. The first-order valence-corrected chi connectivity index (χ1v) is 7.58. The lowest BCUT2D eigenvalue weighted by molar-refractivity contribution is -0.133. The van der Waals surface area contributed by atoms with Crippen molar-refractivity contribution in [1.29, 1.82) is 0 Å². The third-order valence-corrected chi connectivity index (χ3v) is 3.55. The van der Waals surface area contributed by atoms with Crippen LogP contribution in [0.5, 0.6) is 0 Å². The lowest BCUT2D eigenvalue weighted by atomic mass is 9.88. The normalized spacial score (nSPS) is 16.8. The molecule has 0 amide bonds. The summed E-state index contributed by atoms with van der Waals surface area (Å²) in [6.45, 7) is 2.65. The van der Waals surface area contributed by atoms with Gasteiger partial charge in [-0.3, -0.25) is 0 Å². The predicted octanol–water partition coefficient (Wildman–Crippen LogP) is 0.401. The molecular weight excluding hydrogens is 320 g/mol. The Morgan fingerprint density at radius 3 is 1.96 bits per heavy atom. The van der Waals surface area contributed by atoms with E-state index in [2.05, 4.69) is 0 Å². The number of rotatable bonds is 11. The SMILES string of the molecule is CC(=CC(O)CCC(O)(C=C(C)C(=O)O)CCCC(O)O)C(=O)O. The second kappa shape index (κ2) is 10.2. The number of aliphatic carboxylic acids is 2. The maximum atomic E-state index is 10.9. The van der Waals surface area contributed by atoms with E-state index in [1.165, 1.54) is 19.9 Å². The fourth-order valence-corrected chi connectivity index (χ4v) is 2.17. The number of carboxylic acid groups (broad SMARTS) is 2. The van der Waals surface area contributed by atoms with E-state index in [0.29, 0.717) is 0 Å². The van der Waals surface area contributed by atoms with Crippen molar-refractivity contribution in [2.24, 2.45) is 0 Å². The molecule has 2 unspecified atom stereocenters. The summed E-state index contributed by atoms with van der Waals surface area (Å²) in [6, 6.07) is 0. The maximum Gasteiger partial charge on any atom is 0.331 e. The predicted molar refractivity (Wildman–Crippen MR) is 85.1 cm³/mol. The van der Waals surface area contributed by atoms with Gasteiger partial charge in [0.2, 0.25) is 0 Å². The van der Waals surface area contributed by atoms with Gasteiger partial charge in [-0.15, -0.1) is 0 Å². The molecule has 0 rings (SSSR count). The summed E-state index contributed by atoms with van der Waals surface area (Å²) in [5.41, 5.74) is -1.66. The van der Waals surface area contributed by atoms with Gasteiger partial charge in [0, 0.05) is 11.1 Å². The molecule has 0 aliphatic heterocycles. The van der Waals surface area contributed by atoms with E-state index in [9.17, 15) is 19.8 Å². The number of hydrogen-bond acceptors (Lipinski definition) is 6. The first kappa shape index (κ1) is 22.3. The zero-order chi connectivity index (χ0) is 18.9. The quantitative estimate of drug-likeness (QED) is 0.232. The Balaban J connectivity index is 4.99. The van der Waals surface area contributed by atoms with E-state index in [4.69, 9.17) is 20.4 Å². The minimum Gasteiger partial charge on any atom is -0.478 e. The van der Waals surface area contributed by atoms with Gasteiger partial charge in [-0.2, -0.15) is 0 Å². The molecule has 0 saturated heterocycles. The topological polar surface area (TPSA) is 156 Å². The van der Waals surface area contributed by atoms with E-state index in [0.717, 1.165) is 6.08 Å². The average Bonchev–Trinajstić information content (AvgIpc) is 2.44. The molecule has 0 aromatic carbocycles. The lowest BCUT2D eigenvalue weighted by Gasteiger charge is -2.26. The van der Waals surface area contributed by atoms with Crippen molar-refractivity contribution in [3.05, 3.63) is 23.3 Å². The molecule has 0 saturated carbocycles. The van der Waals surface area contributed by atoms with Crippen LogP contribution in [0.1, 0.15) is 46.0 Å². The van der Waals surface area contributed by atoms with E-state index >= 15 is 0 Å². The summed E-state index contributed by atoms with van der Waals surface area (Å²) in [6.07, 6.45) is 0.0215.